The van der Waals surface area contributed by atoms with E-state index in [0.717, 1.165) is 29.7 Å². The number of fused-ring (bicyclic) bond motifs is 1. The summed E-state index contributed by atoms with van der Waals surface area (Å²) in [6.45, 7) is 4.25. The molecular formula is C24H24N2O3S. The molecule has 1 aliphatic heterocycles. The van der Waals surface area contributed by atoms with Crippen molar-refractivity contribution in [2.45, 2.75) is 31.6 Å². The summed E-state index contributed by atoms with van der Waals surface area (Å²) in [5.74, 6) is -0.0777. The predicted molar refractivity (Wildman–Crippen MR) is 120 cm³/mol. The summed E-state index contributed by atoms with van der Waals surface area (Å²) in [6, 6.07) is 19.9. The molecule has 30 heavy (non-hydrogen) atoms. The number of rotatable bonds is 4. The summed E-state index contributed by atoms with van der Waals surface area (Å²) in [6.07, 6.45) is 1.73. The first-order valence-corrected chi connectivity index (χ1v) is 11.4. The fourth-order valence-corrected chi connectivity index (χ4v) is 5.17. The summed E-state index contributed by atoms with van der Waals surface area (Å²) >= 11 is 0. The monoisotopic (exact) mass is 420 g/mol. The van der Waals surface area contributed by atoms with Gasteiger partial charge in [-0.1, -0.05) is 36.4 Å². The van der Waals surface area contributed by atoms with Gasteiger partial charge in [0.15, 0.2) is 0 Å². The summed E-state index contributed by atoms with van der Waals surface area (Å²) in [5, 5.41) is 0. The summed E-state index contributed by atoms with van der Waals surface area (Å²) in [7, 11) is -3.74. The van der Waals surface area contributed by atoms with Crippen molar-refractivity contribution in [1.29, 1.82) is 0 Å². The van der Waals surface area contributed by atoms with Gasteiger partial charge in [-0.2, -0.15) is 0 Å². The van der Waals surface area contributed by atoms with Crippen LogP contribution >= 0.6 is 0 Å². The number of hydrogen-bond acceptors (Lipinski definition) is 3. The van der Waals surface area contributed by atoms with Gasteiger partial charge in [0.2, 0.25) is 0 Å². The van der Waals surface area contributed by atoms with Crippen LogP contribution in [0.1, 0.15) is 33.5 Å². The van der Waals surface area contributed by atoms with E-state index in [4.69, 9.17) is 0 Å². The quantitative estimate of drug-likeness (QED) is 0.665. The van der Waals surface area contributed by atoms with E-state index in [1.165, 1.54) is 0 Å². The molecule has 0 spiro atoms. The van der Waals surface area contributed by atoms with Gasteiger partial charge in [-0.15, -0.1) is 0 Å². The number of anilines is 2. The van der Waals surface area contributed by atoms with Crippen molar-refractivity contribution in [2.24, 2.45) is 0 Å². The van der Waals surface area contributed by atoms with E-state index in [1.807, 2.05) is 37.3 Å². The van der Waals surface area contributed by atoms with E-state index in [1.54, 1.807) is 48.2 Å². The third-order valence-electron chi connectivity index (χ3n) is 5.36. The molecule has 0 radical (unpaired) electrons. The zero-order valence-electron chi connectivity index (χ0n) is 17.1. The van der Waals surface area contributed by atoms with Crippen molar-refractivity contribution in [3.63, 3.8) is 0 Å². The van der Waals surface area contributed by atoms with E-state index in [0.29, 0.717) is 23.4 Å². The average Bonchev–Trinajstić information content (AvgIpc) is 2.74. The molecule has 0 bridgehead atoms. The van der Waals surface area contributed by atoms with Crippen LogP contribution in [0.25, 0.3) is 0 Å². The number of benzene rings is 3. The van der Waals surface area contributed by atoms with Gasteiger partial charge in [-0.25, -0.2) is 8.42 Å². The van der Waals surface area contributed by atoms with Crippen molar-refractivity contribution in [3.05, 3.63) is 89.0 Å². The minimum atomic E-state index is -3.74. The molecule has 3 aromatic rings. The molecule has 0 atom stereocenters. The highest BCUT2D eigenvalue weighted by Gasteiger charge is 2.25. The highest BCUT2D eigenvalue weighted by atomic mass is 32.2. The molecule has 6 heteroatoms. The largest absolute Gasteiger partial charge is 0.308 e. The zero-order chi connectivity index (χ0) is 21.3. The standard InChI is InChI=1S/C24H24N2O3S/c1-17-10-11-18(2)23(15-17)30(28,29)25-21-13-12-19-9-6-14-26(22(19)16-21)24(27)20-7-4-3-5-8-20/h3-5,7-8,10-13,15-16,25H,6,9,14H2,1-2H3. The second kappa shape index (κ2) is 7.95. The van der Waals surface area contributed by atoms with Crippen LogP contribution < -0.4 is 9.62 Å². The van der Waals surface area contributed by atoms with Crippen LogP contribution in [0.15, 0.2) is 71.6 Å². The van der Waals surface area contributed by atoms with E-state index in [2.05, 4.69) is 4.72 Å². The van der Waals surface area contributed by atoms with Crippen LogP contribution in [-0.4, -0.2) is 20.9 Å². The van der Waals surface area contributed by atoms with Gasteiger partial charge in [0.25, 0.3) is 15.9 Å². The predicted octanol–water partition coefficient (Wildman–Crippen LogP) is 4.70. The molecule has 3 aromatic carbocycles. The first kappa shape index (κ1) is 20.2. The van der Waals surface area contributed by atoms with Gasteiger partial charge in [0.1, 0.15) is 0 Å². The number of aryl methyl sites for hydroxylation is 3. The van der Waals surface area contributed by atoms with Crippen molar-refractivity contribution in [3.8, 4) is 0 Å². The van der Waals surface area contributed by atoms with Gasteiger partial charge in [-0.05, 0) is 73.7 Å². The van der Waals surface area contributed by atoms with E-state index in [-0.39, 0.29) is 10.8 Å². The van der Waals surface area contributed by atoms with Crippen LogP contribution in [0.3, 0.4) is 0 Å². The lowest BCUT2D eigenvalue weighted by Gasteiger charge is -2.30. The van der Waals surface area contributed by atoms with Gasteiger partial charge < -0.3 is 4.90 Å². The Morgan fingerprint density at radius 1 is 0.967 bits per heavy atom. The number of amides is 1. The highest BCUT2D eigenvalue weighted by molar-refractivity contribution is 7.92. The summed E-state index contributed by atoms with van der Waals surface area (Å²) < 4.78 is 28.7. The van der Waals surface area contributed by atoms with E-state index in [9.17, 15) is 13.2 Å². The Bertz CT molecular complexity index is 1200. The number of hydrogen-bond donors (Lipinski definition) is 1. The summed E-state index contributed by atoms with van der Waals surface area (Å²) in [5.41, 5.74) is 4.43. The second-order valence-corrected chi connectivity index (χ2v) is 9.30. The van der Waals surface area contributed by atoms with Crippen LogP contribution in [-0.2, 0) is 16.4 Å². The molecular weight excluding hydrogens is 396 g/mol. The molecule has 1 amide bonds. The third kappa shape index (κ3) is 3.96. The van der Waals surface area contributed by atoms with Crippen LogP contribution in [0, 0.1) is 13.8 Å². The molecule has 1 heterocycles. The maximum absolute atomic E-state index is 13.0. The number of carbonyl (C=O) groups is 1. The van der Waals surface area contributed by atoms with Gasteiger partial charge >= 0.3 is 0 Å². The van der Waals surface area contributed by atoms with Crippen molar-refractivity contribution in [2.75, 3.05) is 16.2 Å². The van der Waals surface area contributed by atoms with Crippen molar-refractivity contribution >= 4 is 27.3 Å². The molecule has 4 rings (SSSR count). The van der Waals surface area contributed by atoms with Gasteiger partial charge in [0.05, 0.1) is 10.6 Å². The molecule has 1 aliphatic rings. The van der Waals surface area contributed by atoms with E-state index < -0.39 is 10.0 Å². The first-order chi connectivity index (χ1) is 14.3. The maximum atomic E-state index is 13.0. The van der Waals surface area contributed by atoms with Crippen molar-refractivity contribution < 1.29 is 13.2 Å². The molecule has 5 nitrogen and oxygen atoms in total. The number of sulfonamides is 1. The number of nitrogens with zero attached hydrogens (tertiary/aromatic N) is 1. The smallest absolute Gasteiger partial charge is 0.262 e. The Morgan fingerprint density at radius 2 is 1.73 bits per heavy atom. The fraction of sp³-hybridized carbons (Fsp3) is 0.208. The minimum Gasteiger partial charge on any atom is -0.308 e. The van der Waals surface area contributed by atoms with Crippen LogP contribution in [0.4, 0.5) is 11.4 Å². The van der Waals surface area contributed by atoms with Crippen LogP contribution in [0.5, 0.6) is 0 Å². The molecule has 0 saturated heterocycles. The second-order valence-electron chi connectivity index (χ2n) is 7.64. The first-order valence-electron chi connectivity index (χ1n) is 9.95. The topological polar surface area (TPSA) is 66.5 Å². The Balaban J connectivity index is 1.68. The lowest BCUT2D eigenvalue weighted by Crippen LogP contribution is -2.35. The highest BCUT2D eigenvalue weighted by Crippen LogP contribution is 2.32. The Kier molecular flexibility index (Phi) is 5.35. The lowest BCUT2D eigenvalue weighted by atomic mass is 10.00. The van der Waals surface area contributed by atoms with E-state index >= 15 is 0 Å². The normalized spacial score (nSPS) is 13.6. The number of nitrogens with one attached hydrogen (secondary N) is 1. The summed E-state index contributed by atoms with van der Waals surface area (Å²) in [4.78, 5) is 15.1. The number of carbonyl (C=O) groups excluding carboxylic acids is 1. The fourth-order valence-electron chi connectivity index (χ4n) is 3.79. The molecule has 0 unspecified atom stereocenters. The minimum absolute atomic E-state index is 0.0777. The Hall–Kier alpha value is -3.12. The Morgan fingerprint density at radius 3 is 2.50 bits per heavy atom. The molecule has 1 N–H and O–H groups in total. The third-order valence-corrected chi connectivity index (χ3v) is 6.88. The molecule has 154 valence electrons. The Labute approximate surface area is 177 Å². The van der Waals surface area contributed by atoms with Gasteiger partial charge in [0, 0.05) is 17.8 Å². The maximum Gasteiger partial charge on any atom is 0.262 e. The molecule has 0 aliphatic carbocycles. The average molecular weight is 421 g/mol. The molecule has 0 aromatic heterocycles. The SMILES string of the molecule is Cc1ccc(C)c(S(=O)(=O)Nc2ccc3c(c2)N(C(=O)c2ccccc2)CCC3)c1. The van der Waals surface area contributed by atoms with Crippen molar-refractivity contribution in [1.82, 2.24) is 0 Å². The molecule has 0 saturated carbocycles. The zero-order valence-corrected chi connectivity index (χ0v) is 17.9. The van der Waals surface area contributed by atoms with Gasteiger partial charge in [-0.3, -0.25) is 9.52 Å². The molecule has 0 fully saturated rings. The lowest BCUT2D eigenvalue weighted by molar-refractivity contribution is 0.0985. The van der Waals surface area contributed by atoms with Crippen LogP contribution in [0.2, 0.25) is 0 Å².